The summed E-state index contributed by atoms with van der Waals surface area (Å²) in [5, 5.41) is 12.0. The number of rotatable bonds is 7. The van der Waals surface area contributed by atoms with Crippen LogP contribution in [0.4, 0.5) is 10.1 Å². The molecule has 0 saturated heterocycles. The quantitative estimate of drug-likeness (QED) is 0.331. The molecule has 1 aromatic heterocycles. The SMILES string of the molecule is O=C(O)Cc1ccc2oc(-c3ccc(NCC=Cc4ccc(Br)cc4)c(F)c3)nc2c1. The van der Waals surface area contributed by atoms with Crippen LogP contribution in [0.2, 0.25) is 0 Å². The maximum Gasteiger partial charge on any atom is 0.307 e. The van der Waals surface area contributed by atoms with E-state index in [1.165, 1.54) is 6.07 Å². The fraction of sp³-hybridized carbons (Fsp3) is 0.0833. The number of nitrogens with zero attached hydrogens (tertiary/aromatic N) is 1. The number of aliphatic carboxylic acids is 1. The minimum absolute atomic E-state index is 0.0939. The van der Waals surface area contributed by atoms with Gasteiger partial charge in [0.05, 0.1) is 12.1 Å². The monoisotopic (exact) mass is 480 g/mol. The molecule has 4 aromatic rings. The molecule has 1 heterocycles. The highest BCUT2D eigenvalue weighted by Gasteiger charge is 2.12. The minimum atomic E-state index is -0.917. The highest BCUT2D eigenvalue weighted by Crippen LogP contribution is 2.27. The van der Waals surface area contributed by atoms with E-state index in [1.54, 1.807) is 30.3 Å². The van der Waals surface area contributed by atoms with E-state index in [-0.39, 0.29) is 12.3 Å². The van der Waals surface area contributed by atoms with Gasteiger partial charge in [0, 0.05) is 16.6 Å². The summed E-state index contributed by atoms with van der Waals surface area (Å²) in [5.41, 5.74) is 3.62. The molecule has 0 radical (unpaired) electrons. The second kappa shape index (κ2) is 9.14. The highest BCUT2D eigenvalue weighted by molar-refractivity contribution is 9.10. The van der Waals surface area contributed by atoms with Crippen LogP contribution in [0.5, 0.6) is 0 Å². The molecule has 0 atom stereocenters. The number of fused-ring (bicyclic) bond motifs is 1. The molecule has 0 aliphatic rings. The predicted molar refractivity (Wildman–Crippen MR) is 122 cm³/mol. The first-order chi connectivity index (χ1) is 15.0. The van der Waals surface area contributed by atoms with Crippen molar-refractivity contribution < 1.29 is 18.7 Å². The molecule has 4 rings (SSSR count). The third-order valence-electron chi connectivity index (χ3n) is 4.61. The average molecular weight is 481 g/mol. The lowest BCUT2D eigenvalue weighted by molar-refractivity contribution is -0.136. The normalized spacial score (nSPS) is 11.3. The van der Waals surface area contributed by atoms with Crippen molar-refractivity contribution in [2.75, 3.05) is 11.9 Å². The Bertz CT molecular complexity index is 1270. The van der Waals surface area contributed by atoms with Gasteiger partial charge in [0.15, 0.2) is 5.58 Å². The van der Waals surface area contributed by atoms with Crippen LogP contribution in [0.15, 0.2) is 75.6 Å². The van der Waals surface area contributed by atoms with Gasteiger partial charge in [-0.1, -0.05) is 46.3 Å². The molecule has 3 aromatic carbocycles. The number of carboxylic acids is 1. The van der Waals surface area contributed by atoms with Gasteiger partial charge in [-0.3, -0.25) is 4.79 Å². The maximum atomic E-state index is 14.6. The lowest BCUT2D eigenvalue weighted by Crippen LogP contribution is -2.00. The van der Waals surface area contributed by atoms with Crippen LogP contribution in [-0.2, 0) is 11.2 Å². The van der Waals surface area contributed by atoms with Gasteiger partial charge < -0.3 is 14.8 Å². The number of anilines is 1. The Labute approximate surface area is 186 Å². The number of carbonyl (C=O) groups is 1. The Morgan fingerprint density at radius 3 is 2.68 bits per heavy atom. The van der Waals surface area contributed by atoms with E-state index in [1.807, 2.05) is 36.4 Å². The van der Waals surface area contributed by atoms with Crippen molar-refractivity contribution in [1.29, 1.82) is 0 Å². The summed E-state index contributed by atoms with van der Waals surface area (Å²) in [5.74, 6) is -1.05. The summed E-state index contributed by atoms with van der Waals surface area (Å²) in [7, 11) is 0. The van der Waals surface area contributed by atoms with Crippen molar-refractivity contribution >= 4 is 44.8 Å². The summed E-state index contributed by atoms with van der Waals surface area (Å²) in [6, 6.07) is 17.7. The van der Waals surface area contributed by atoms with Gasteiger partial charge in [-0.05, 0) is 53.6 Å². The molecular weight excluding hydrogens is 463 g/mol. The fourth-order valence-corrected chi connectivity index (χ4v) is 3.37. The van der Waals surface area contributed by atoms with Crippen LogP contribution >= 0.6 is 15.9 Å². The highest BCUT2D eigenvalue weighted by atomic mass is 79.9. The van der Waals surface area contributed by atoms with Crippen molar-refractivity contribution in [3.63, 3.8) is 0 Å². The Morgan fingerprint density at radius 2 is 1.94 bits per heavy atom. The van der Waals surface area contributed by atoms with Gasteiger partial charge in [-0.15, -0.1) is 0 Å². The summed E-state index contributed by atoms with van der Waals surface area (Å²) < 4.78 is 21.3. The molecule has 0 spiro atoms. The molecule has 7 heteroatoms. The van der Waals surface area contributed by atoms with E-state index in [2.05, 4.69) is 26.2 Å². The van der Waals surface area contributed by atoms with Crippen LogP contribution in [0.25, 0.3) is 28.6 Å². The molecule has 31 heavy (non-hydrogen) atoms. The average Bonchev–Trinajstić information content (AvgIpc) is 3.16. The Morgan fingerprint density at radius 1 is 1.13 bits per heavy atom. The molecule has 156 valence electrons. The largest absolute Gasteiger partial charge is 0.481 e. The van der Waals surface area contributed by atoms with E-state index < -0.39 is 11.8 Å². The molecule has 0 amide bonds. The molecule has 2 N–H and O–H groups in total. The zero-order valence-electron chi connectivity index (χ0n) is 16.3. The van der Waals surface area contributed by atoms with Crippen LogP contribution < -0.4 is 5.32 Å². The van der Waals surface area contributed by atoms with Gasteiger partial charge >= 0.3 is 5.97 Å². The first kappa shape index (κ1) is 20.8. The Kier molecular flexibility index (Phi) is 6.13. The van der Waals surface area contributed by atoms with Crippen molar-refractivity contribution in [2.45, 2.75) is 6.42 Å². The predicted octanol–water partition coefficient (Wildman–Crippen LogP) is 6.15. The minimum Gasteiger partial charge on any atom is -0.481 e. The van der Waals surface area contributed by atoms with Gasteiger partial charge in [0.1, 0.15) is 11.3 Å². The summed E-state index contributed by atoms with van der Waals surface area (Å²) in [6.07, 6.45) is 3.79. The van der Waals surface area contributed by atoms with Crippen LogP contribution in [-0.4, -0.2) is 22.6 Å². The second-order valence-corrected chi connectivity index (χ2v) is 7.84. The first-order valence-corrected chi connectivity index (χ1v) is 10.3. The van der Waals surface area contributed by atoms with Crippen molar-refractivity contribution in [3.8, 4) is 11.5 Å². The first-order valence-electron chi connectivity index (χ1n) is 9.55. The lowest BCUT2D eigenvalue weighted by Gasteiger charge is -2.06. The number of aromatic nitrogens is 1. The zero-order valence-corrected chi connectivity index (χ0v) is 17.9. The maximum absolute atomic E-state index is 14.6. The van der Waals surface area contributed by atoms with Crippen LogP contribution in [0.3, 0.4) is 0 Å². The Hall–Kier alpha value is -3.45. The number of benzene rings is 3. The topological polar surface area (TPSA) is 75.4 Å². The number of carboxylic acid groups (broad SMARTS) is 1. The van der Waals surface area contributed by atoms with Crippen LogP contribution in [0, 0.1) is 5.82 Å². The smallest absolute Gasteiger partial charge is 0.307 e. The number of halogens is 2. The molecule has 0 unspecified atom stereocenters. The molecule has 0 aliphatic heterocycles. The standard InChI is InChI=1S/C24H18BrFN2O3/c25-18-7-3-15(4-8-18)2-1-11-27-20-9-6-17(14-19(20)26)24-28-21-12-16(13-23(29)30)5-10-22(21)31-24/h1-10,12,14,27H,11,13H2,(H,29,30). The van der Waals surface area contributed by atoms with E-state index in [4.69, 9.17) is 9.52 Å². The molecule has 0 saturated carbocycles. The Balaban J connectivity index is 1.45. The van der Waals surface area contributed by atoms with Gasteiger partial charge in [-0.25, -0.2) is 9.37 Å². The second-order valence-electron chi connectivity index (χ2n) is 6.92. The number of hydrogen-bond acceptors (Lipinski definition) is 4. The van der Waals surface area contributed by atoms with E-state index in [9.17, 15) is 9.18 Å². The van der Waals surface area contributed by atoms with Crippen molar-refractivity contribution in [1.82, 2.24) is 4.98 Å². The zero-order chi connectivity index (χ0) is 21.8. The van der Waals surface area contributed by atoms with Gasteiger partial charge in [0.25, 0.3) is 0 Å². The number of hydrogen-bond donors (Lipinski definition) is 2. The number of oxazole rings is 1. The summed E-state index contributed by atoms with van der Waals surface area (Å²) in [4.78, 5) is 15.3. The third-order valence-corrected chi connectivity index (χ3v) is 5.14. The lowest BCUT2D eigenvalue weighted by atomic mass is 10.1. The molecular formula is C24H18BrFN2O3. The fourth-order valence-electron chi connectivity index (χ4n) is 3.11. The molecule has 0 aliphatic carbocycles. The van der Waals surface area contributed by atoms with E-state index in [0.717, 1.165) is 10.0 Å². The van der Waals surface area contributed by atoms with Gasteiger partial charge in [0.2, 0.25) is 5.89 Å². The summed E-state index contributed by atoms with van der Waals surface area (Å²) >= 11 is 3.40. The number of nitrogens with one attached hydrogen (secondary N) is 1. The molecule has 5 nitrogen and oxygen atoms in total. The third kappa shape index (κ3) is 5.19. The van der Waals surface area contributed by atoms with E-state index >= 15 is 0 Å². The summed E-state index contributed by atoms with van der Waals surface area (Å²) in [6.45, 7) is 0.474. The van der Waals surface area contributed by atoms with Crippen molar-refractivity contribution in [2.24, 2.45) is 0 Å². The van der Waals surface area contributed by atoms with Crippen molar-refractivity contribution in [3.05, 3.63) is 88.2 Å². The van der Waals surface area contributed by atoms with Crippen LogP contribution in [0.1, 0.15) is 11.1 Å². The molecule has 0 fully saturated rings. The molecule has 0 bridgehead atoms. The van der Waals surface area contributed by atoms with E-state index in [0.29, 0.717) is 34.5 Å². The van der Waals surface area contributed by atoms with Gasteiger partial charge in [-0.2, -0.15) is 0 Å².